The molecule has 1 heterocycles. The monoisotopic (exact) mass is 379 g/mol. The summed E-state index contributed by atoms with van der Waals surface area (Å²) in [6.07, 6.45) is 12.1. The van der Waals surface area contributed by atoms with E-state index in [4.69, 9.17) is 4.42 Å². The molecule has 4 rings (SSSR count). The van der Waals surface area contributed by atoms with Crippen molar-refractivity contribution in [1.82, 2.24) is 15.5 Å². The molecule has 2 aromatic rings. The van der Waals surface area contributed by atoms with Crippen LogP contribution in [0, 0.1) is 17.8 Å². The van der Waals surface area contributed by atoms with Crippen LogP contribution in [0.3, 0.4) is 0 Å². The minimum absolute atomic E-state index is 0.0718. The lowest BCUT2D eigenvalue weighted by Crippen LogP contribution is -2.26. The molecule has 0 aliphatic heterocycles. The largest absolute Gasteiger partial charge is 0.425 e. The molecule has 1 aromatic carbocycles. The average molecular weight is 380 g/mol. The van der Waals surface area contributed by atoms with Gasteiger partial charge in [0.2, 0.25) is 17.7 Å². The van der Waals surface area contributed by atoms with Crippen molar-refractivity contribution in [2.24, 2.45) is 17.8 Å². The molecule has 2 aliphatic rings. The Morgan fingerprint density at radius 3 is 2.61 bits per heavy atom. The second-order valence-electron chi connectivity index (χ2n) is 8.11. The first-order valence-electron chi connectivity index (χ1n) is 10.6. The molecule has 1 amide bonds. The van der Waals surface area contributed by atoms with E-state index in [1.807, 2.05) is 6.07 Å². The highest BCUT2D eigenvalue weighted by Gasteiger charge is 2.34. The molecule has 2 bridgehead atoms. The molecular weight excluding hydrogens is 350 g/mol. The highest BCUT2D eigenvalue weighted by molar-refractivity contribution is 5.75. The summed E-state index contributed by atoms with van der Waals surface area (Å²) in [5.41, 5.74) is 1.32. The minimum atomic E-state index is 0.0718. The van der Waals surface area contributed by atoms with E-state index in [2.05, 4.69) is 51.9 Å². The Morgan fingerprint density at radius 1 is 1.04 bits per heavy atom. The Kier molecular flexibility index (Phi) is 6.20. The molecule has 148 valence electrons. The normalized spacial score (nSPS) is 22.6. The number of nitrogens with zero attached hydrogens (tertiary/aromatic N) is 2. The van der Waals surface area contributed by atoms with Gasteiger partial charge in [0.05, 0.1) is 0 Å². The van der Waals surface area contributed by atoms with Gasteiger partial charge >= 0.3 is 0 Å². The molecule has 0 unspecified atom stereocenters. The number of aryl methyl sites for hydroxylation is 3. The number of carbonyl (C=O) groups excluding carboxylic acids is 1. The number of rotatable bonds is 10. The summed E-state index contributed by atoms with van der Waals surface area (Å²) in [6.45, 7) is 0.773. The number of benzene rings is 1. The minimum Gasteiger partial charge on any atom is -0.425 e. The van der Waals surface area contributed by atoms with E-state index in [0.29, 0.717) is 24.6 Å². The van der Waals surface area contributed by atoms with E-state index in [-0.39, 0.29) is 5.91 Å². The Bertz CT molecular complexity index is 799. The van der Waals surface area contributed by atoms with Gasteiger partial charge in [0, 0.05) is 25.8 Å². The van der Waals surface area contributed by atoms with Gasteiger partial charge in [-0.1, -0.05) is 42.5 Å². The Labute approximate surface area is 166 Å². The van der Waals surface area contributed by atoms with Crippen LogP contribution in [0.2, 0.25) is 0 Å². The zero-order chi connectivity index (χ0) is 19.2. The van der Waals surface area contributed by atoms with Crippen molar-refractivity contribution in [3.05, 3.63) is 59.8 Å². The molecule has 2 aliphatic carbocycles. The second kappa shape index (κ2) is 9.18. The van der Waals surface area contributed by atoms with E-state index in [1.54, 1.807) is 0 Å². The summed E-state index contributed by atoms with van der Waals surface area (Å²) >= 11 is 0. The average Bonchev–Trinajstić information content (AvgIpc) is 3.45. The fraction of sp³-hybridized carbons (Fsp3) is 0.522. The molecule has 1 N–H and O–H groups in total. The number of aromatic nitrogens is 2. The van der Waals surface area contributed by atoms with Crippen molar-refractivity contribution in [1.29, 1.82) is 0 Å². The molecule has 1 fully saturated rings. The molecule has 0 spiro atoms. The maximum atomic E-state index is 12.1. The molecule has 0 radical (unpaired) electrons. The molecule has 5 nitrogen and oxygen atoms in total. The van der Waals surface area contributed by atoms with Crippen LogP contribution >= 0.6 is 0 Å². The van der Waals surface area contributed by atoms with Gasteiger partial charge < -0.3 is 9.73 Å². The van der Waals surface area contributed by atoms with Crippen molar-refractivity contribution in [3.8, 4) is 0 Å². The first-order valence-corrected chi connectivity index (χ1v) is 10.6. The summed E-state index contributed by atoms with van der Waals surface area (Å²) in [4.78, 5) is 12.1. The number of carbonyl (C=O) groups is 1. The maximum absolute atomic E-state index is 12.1. The van der Waals surface area contributed by atoms with Crippen LogP contribution in [-0.2, 0) is 24.1 Å². The third-order valence-corrected chi connectivity index (χ3v) is 6.03. The van der Waals surface area contributed by atoms with Crippen LogP contribution in [0.15, 0.2) is 46.9 Å². The van der Waals surface area contributed by atoms with Crippen LogP contribution in [0.4, 0.5) is 0 Å². The summed E-state index contributed by atoms with van der Waals surface area (Å²) in [5.74, 6) is 3.59. The standard InChI is InChI=1S/C23H29N3O2/c27-21(24-14-13-20-16-18-9-10-19(20)15-18)11-12-23-26-25-22(28-23)8-4-7-17-5-2-1-3-6-17/h1-3,5-6,9-10,18-20H,4,7-8,11-16H2,(H,24,27)/t18-,19+,20-/m1/s1. The SMILES string of the molecule is O=C(CCc1nnc(CCCc2ccccc2)o1)NCC[C@@H]1C[C@@H]2C=C[C@H]1C2. The predicted molar refractivity (Wildman–Crippen MR) is 108 cm³/mol. The molecule has 1 aromatic heterocycles. The predicted octanol–water partition coefficient (Wildman–Crippen LogP) is 3.90. The van der Waals surface area contributed by atoms with E-state index in [1.165, 1.54) is 18.4 Å². The fourth-order valence-corrected chi connectivity index (χ4v) is 4.51. The van der Waals surface area contributed by atoms with Gasteiger partial charge in [-0.25, -0.2) is 0 Å². The zero-order valence-electron chi connectivity index (χ0n) is 16.3. The summed E-state index contributed by atoms with van der Waals surface area (Å²) in [7, 11) is 0. The quantitative estimate of drug-likeness (QED) is 0.636. The fourth-order valence-electron chi connectivity index (χ4n) is 4.51. The highest BCUT2D eigenvalue weighted by atomic mass is 16.4. The number of allylic oxidation sites excluding steroid dienone is 2. The lowest BCUT2D eigenvalue weighted by molar-refractivity contribution is -0.121. The van der Waals surface area contributed by atoms with E-state index in [0.717, 1.165) is 50.0 Å². The number of hydrogen-bond donors (Lipinski definition) is 1. The van der Waals surface area contributed by atoms with Crippen LogP contribution in [0.5, 0.6) is 0 Å². The van der Waals surface area contributed by atoms with Crippen molar-refractivity contribution in [2.45, 2.75) is 51.4 Å². The van der Waals surface area contributed by atoms with Crippen LogP contribution in [0.1, 0.15) is 49.4 Å². The topological polar surface area (TPSA) is 68.0 Å². The van der Waals surface area contributed by atoms with Gasteiger partial charge in [0.25, 0.3) is 0 Å². The first-order chi connectivity index (χ1) is 13.8. The van der Waals surface area contributed by atoms with Crippen LogP contribution < -0.4 is 5.32 Å². The Balaban J connectivity index is 1.10. The van der Waals surface area contributed by atoms with E-state index in [9.17, 15) is 4.79 Å². The van der Waals surface area contributed by atoms with Gasteiger partial charge in [-0.2, -0.15) is 0 Å². The van der Waals surface area contributed by atoms with Gasteiger partial charge in [0.1, 0.15) is 0 Å². The van der Waals surface area contributed by atoms with Crippen molar-refractivity contribution in [2.75, 3.05) is 6.54 Å². The van der Waals surface area contributed by atoms with Crippen LogP contribution in [0.25, 0.3) is 0 Å². The first kappa shape index (κ1) is 18.9. The van der Waals surface area contributed by atoms with Crippen LogP contribution in [-0.4, -0.2) is 22.6 Å². The molecule has 0 saturated heterocycles. The van der Waals surface area contributed by atoms with Gasteiger partial charge in [0.15, 0.2) is 0 Å². The highest BCUT2D eigenvalue weighted by Crippen LogP contribution is 2.44. The lowest BCUT2D eigenvalue weighted by atomic mass is 9.91. The number of amides is 1. The summed E-state index contributed by atoms with van der Waals surface area (Å²) < 4.78 is 5.68. The number of fused-ring (bicyclic) bond motifs is 2. The molecule has 1 saturated carbocycles. The third-order valence-electron chi connectivity index (χ3n) is 6.03. The summed E-state index contributed by atoms with van der Waals surface area (Å²) in [6, 6.07) is 10.4. The number of nitrogens with one attached hydrogen (secondary N) is 1. The lowest BCUT2D eigenvalue weighted by Gasteiger charge is -2.17. The van der Waals surface area contributed by atoms with Gasteiger partial charge in [-0.3, -0.25) is 4.79 Å². The van der Waals surface area contributed by atoms with Gasteiger partial charge in [-0.05, 0) is 55.4 Å². The Hall–Kier alpha value is -2.43. The maximum Gasteiger partial charge on any atom is 0.220 e. The zero-order valence-corrected chi connectivity index (χ0v) is 16.3. The van der Waals surface area contributed by atoms with Crippen molar-refractivity contribution >= 4 is 5.91 Å². The smallest absolute Gasteiger partial charge is 0.220 e. The summed E-state index contributed by atoms with van der Waals surface area (Å²) in [5, 5.41) is 11.2. The third kappa shape index (κ3) is 5.09. The van der Waals surface area contributed by atoms with E-state index < -0.39 is 0 Å². The van der Waals surface area contributed by atoms with Crippen molar-refractivity contribution < 1.29 is 9.21 Å². The molecule has 28 heavy (non-hydrogen) atoms. The number of hydrogen-bond acceptors (Lipinski definition) is 4. The molecular formula is C23H29N3O2. The molecule has 3 atom stereocenters. The molecule has 5 heteroatoms. The second-order valence-corrected chi connectivity index (χ2v) is 8.11. The van der Waals surface area contributed by atoms with E-state index >= 15 is 0 Å². The Morgan fingerprint density at radius 2 is 1.86 bits per heavy atom. The van der Waals surface area contributed by atoms with Crippen molar-refractivity contribution in [3.63, 3.8) is 0 Å². The van der Waals surface area contributed by atoms with Gasteiger partial charge in [-0.15, -0.1) is 10.2 Å².